The van der Waals surface area contributed by atoms with Gasteiger partial charge in [0.2, 0.25) is 5.91 Å². The van der Waals surface area contributed by atoms with Gasteiger partial charge in [-0.3, -0.25) is 4.79 Å². The van der Waals surface area contributed by atoms with Crippen LogP contribution in [0.3, 0.4) is 0 Å². The molecule has 0 aliphatic carbocycles. The lowest BCUT2D eigenvalue weighted by molar-refractivity contribution is -0.121. The Morgan fingerprint density at radius 3 is 2.30 bits per heavy atom. The van der Waals surface area contributed by atoms with Crippen molar-refractivity contribution in [2.75, 3.05) is 5.75 Å². The minimum atomic E-state index is -3.46. The molecule has 1 rings (SSSR count). The zero-order valence-corrected chi connectivity index (χ0v) is 15.6. The second kappa shape index (κ2) is 9.28. The minimum absolute atomic E-state index is 0.0283. The Bertz CT molecular complexity index is 597. The van der Waals surface area contributed by atoms with Crippen LogP contribution in [0.5, 0.6) is 0 Å². The molecule has 1 aromatic rings. The molecule has 0 aromatic heterocycles. The van der Waals surface area contributed by atoms with E-state index in [4.69, 9.17) is 11.6 Å². The molecule has 1 N–H and O–H groups in total. The molecule has 6 heteroatoms. The molecular weight excluding hydrogens is 334 g/mol. The summed E-state index contributed by atoms with van der Waals surface area (Å²) in [7, 11) is -3.46. The quantitative estimate of drug-likeness (QED) is 0.728. The molecule has 0 spiro atoms. The van der Waals surface area contributed by atoms with Gasteiger partial charge in [0.05, 0.1) is 10.6 Å². The Morgan fingerprint density at radius 1 is 1.13 bits per heavy atom. The van der Waals surface area contributed by atoms with Crippen molar-refractivity contribution in [3.63, 3.8) is 0 Å². The van der Waals surface area contributed by atoms with Crippen molar-refractivity contribution < 1.29 is 13.2 Å². The summed E-state index contributed by atoms with van der Waals surface area (Å²) in [5, 5.41) is 3.35. The van der Waals surface area contributed by atoms with Gasteiger partial charge in [-0.1, -0.05) is 38.3 Å². The van der Waals surface area contributed by atoms with E-state index in [1.165, 1.54) is 24.3 Å². The van der Waals surface area contributed by atoms with E-state index in [1.54, 1.807) is 0 Å². The lowest BCUT2D eigenvalue weighted by Gasteiger charge is -2.14. The molecule has 23 heavy (non-hydrogen) atoms. The Hall–Kier alpha value is -1.07. The highest BCUT2D eigenvalue weighted by Gasteiger charge is 2.17. The normalized spacial score (nSPS) is 13.1. The average molecular weight is 360 g/mol. The summed E-state index contributed by atoms with van der Waals surface area (Å²) in [4.78, 5) is 12.1. The van der Waals surface area contributed by atoms with Crippen LogP contribution in [0.2, 0.25) is 5.02 Å². The first-order valence-electron chi connectivity index (χ1n) is 7.98. The van der Waals surface area contributed by atoms with Gasteiger partial charge in [0.1, 0.15) is 0 Å². The fourth-order valence-electron chi connectivity index (χ4n) is 2.24. The highest BCUT2D eigenvalue weighted by Crippen LogP contribution is 2.16. The SMILES string of the molecule is CC(C)CCCC(C)NC(=O)CCS(=O)(=O)c1ccc(Cl)cc1. The predicted octanol–water partition coefficient (Wildman–Crippen LogP) is 3.83. The number of sulfone groups is 1. The van der Waals surface area contributed by atoms with Crippen LogP contribution in [-0.2, 0) is 14.6 Å². The van der Waals surface area contributed by atoms with Gasteiger partial charge in [0.15, 0.2) is 9.84 Å². The fraction of sp³-hybridized carbons (Fsp3) is 0.588. The van der Waals surface area contributed by atoms with E-state index >= 15 is 0 Å². The number of hydrogen-bond donors (Lipinski definition) is 1. The van der Waals surface area contributed by atoms with E-state index in [-0.39, 0.29) is 29.0 Å². The summed E-state index contributed by atoms with van der Waals surface area (Å²) in [5.74, 6) is 0.237. The lowest BCUT2D eigenvalue weighted by atomic mass is 10.0. The first kappa shape index (κ1) is 20.0. The molecule has 1 amide bonds. The molecule has 4 nitrogen and oxygen atoms in total. The van der Waals surface area contributed by atoms with Crippen LogP contribution in [-0.4, -0.2) is 26.1 Å². The summed E-state index contributed by atoms with van der Waals surface area (Å²) in [6.07, 6.45) is 3.07. The molecule has 0 radical (unpaired) electrons. The number of carbonyl (C=O) groups is 1. The van der Waals surface area contributed by atoms with E-state index < -0.39 is 9.84 Å². The summed E-state index contributed by atoms with van der Waals surface area (Å²) in [5.41, 5.74) is 0. The van der Waals surface area contributed by atoms with Crippen molar-refractivity contribution in [2.45, 2.75) is 57.4 Å². The number of hydrogen-bond acceptors (Lipinski definition) is 3. The molecule has 130 valence electrons. The zero-order chi connectivity index (χ0) is 17.5. The largest absolute Gasteiger partial charge is 0.354 e. The Morgan fingerprint density at radius 2 is 1.74 bits per heavy atom. The smallest absolute Gasteiger partial charge is 0.221 e. The van der Waals surface area contributed by atoms with Crippen molar-refractivity contribution in [3.05, 3.63) is 29.3 Å². The number of benzene rings is 1. The Kier molecular flexibility index (Phi) is 8.06. The van der Waals surface area contributed by atoms with E-state index in [0.29, 0.717) is 10.9 Å². The van der Waals surface area contributed by atoms with E-state index in [2.05, 4.69) is 19.2 Å². The molecule has 0 heterocycles. The zero-order valence-electron chi connectivity index (χ0n) is 14.0. The fourth-order valence-corrected chi connectivity index (χ4v) is 3.60. The van der Waals surface area contributed by atoms with Gasteiger partial charge in [-0.2, -0.15) is 0 Å². The van der Waals surface area contributed by atoms with Gasteiger partial charge in [0, 0.05) is 17.5 Å². The molecule has 1 atom stereocenters. The van der Waals surface area contributed by atoms with E-state index in [0.717, 1.165) is 19.3 Å². The number of amides is 1. The summed E-state index contributed by atoms with van der Waals surface area (Å²) >= 11 is 5.75. The van der Waals surface area contributed by atoms with Crippen molar-refractivity contribution in [1.82, 2.24) is 5.32 Å². The van der Waals surface area contributed by atoms with Crippen LogP contribution in [0.1, 0.15) is 46.5 Å². The van der Waals surface area contributed by atoms with Gasteiger partial charge < -0.3 is 5.32 Å². The highest BCUT2D eigenvalue weighted by molar-refractivity contribution is 7.91. The van der Waals surface area contributed by atoms with Gasteiger partial charge >= 0.3 is 0 Å². The van der Waals surface area contributed by atoms with Crippen LogP contribution in [0.25, 0.3) is 0 Å². The van der Waals surface area contributed by atoms with Crippen molar-refractivity contribution in [3.8, 4) is 0 Å². The van der Waals surface area contributed by atoms with E-state index in [9.17, 15) is 13.2 Å². The third kappa shape index (κ3) is 7.84. The minimum Gasteiger partial charge on any atom is -0.354 e. The standard InChI is InChI=1S/C17H26ClNO3S/c1-13(2)5-4-6-14(3)19-17(20)11-12-23(21,22)16-9-7-15(18)8-10-16/h7-10,13-14H,4-6,11-12H2,1-3H3,(H,19,20). The van der Waals surface area contributed by atoms with Crippen LogP contribution in [0, 0.1) is 5.92 Å². The van der Waals surface area contributed by atoms with Crippen LogP contribution in [0.4, 0.5) is 0 Å². The molecule has 1 unspecified atom stereocenters. The number of halogens is 1. The van der Waals surface area contributed by atoms with Crippen molar-refractivity contribution in [1.29, 1.82) is 0 Å². The third-order valence-corrected chi connectivity index (χ3v) is 5.58. The van der Waals surface area contributed by atoms with E-state index in [1.807, 2.05) is 6.92 Å². The molecule has 0 bridgehead atoms. The maximum atomic E-state index is 12.2. The van der Waals surface area contributed by atoms with Gasteiger partial charge in [-0.15, -0.1) is 0 Å². The molecule has 0 aliphatic heterocycles. The van der Waals surface area contributed by atoms with Gasteiger partial charge in [0.25, 0.3) is 0 Å². The van der Waals surface area contributed by atoms with Crippen LogP contribution >= 0.6 is 11.6 Å². The maximum absolute atomic E-state index is 12.2. The number of nitrogens with one attached hydrogen (secondary N) is 1. The van der Waals surface area contributed by atoms with Crippen molar-refractivity contribution >= 4 is 27.3 Å². The first-order chi connectivity index (χ1) is 10.7. The Labute approximate surface area is 144 Å². The second-order valence-electron chi connectivity index (χ2n) is 6.32. The van der Waals surface area contributed by atoms with Gasteiger partial charge in [-0.25, -0.2) is 8.42 Å². The molecule has 0 fully saturated rings. The predicted molar refractivity (Wildman–Crippen MR) is 94.4 cm³/mol. The topological polar surface area (TPSA) is 63.2 Å². The van der Waals surface area contributed by atoms with Gasteiger partial charge in [-0.05, 0) is 43.5 Å². The molecule has 1 aromatic carbocycles. The summed E-state index contributed by atoms with van der Waals surface area (Å²) in [6, 6.07) is 6.06. The monoisotopic (exact) mass is 359 g/mol. The third-order valence-electron chi connectivity index (χ3n) is 3.60. The number of carbonyl (C=O) groups excluding carboxylic acids is 1. The lowest BCUT2D eigenvalue weighted by Crippen LogP contribution is -2.33. The molecule has 0 aliphatic rings. The summed E-state index contributed by atoms with van der Waals surface area (Å²) < 4.78 is 24.3. The highest BCUT2D eigenvalue weighted by atomic mass is 35.5. The Balaban J connectivity index is 2.41. The molecule has 0 saturated heterocycles. The second-order valence-corrected chi connectivity index (χ2v) is 8.86. The van der Waals surface area contributed by atoms with Crippen molar-refractivity contribution in [2.24, 2.45) is 5.92 Å². The number of rotatable bonds is 9. The average Bonchev–Trinajstić information content (AvgIpc) is 2.45. The summed E-state index contributed by atoms with van der Waals surface area (Å²) in [6.45, 7) is 6.29. The van der Waals surface area contributed by atoms with Crippen LogP contribution in [0.15, 0.2) is 29.2 Å². The van der Waals surface area contributed by atoms with Crippen LogP contribution < -0.4 is 5.32 Å². The maximum Gasteiger partial charge on any atom is 0.221 e. The molecule has 0 saturated carbocycles. The first-order valence-corrected chi connectivity index (χ1v) is 10.0. The molecular formula is C17H26ClNO3S.